The van der Waals surface area contributed by atoms with Crippen molar-refractivity contribution in [2.75, 3.05) is 6.26 Å². The fraction of sp³-hybridized carbons (Fsp3) is 0.273. The molecule has 0 spiro atoms. The Balaban J connectivity index is 3.02. The number of halogens is 2. The van der Waals surface area contributed by atoms with Crippen molar-refractivity contribution in [3.63, 3.8) is 0 Å². The van der Waals surface area contributed by atoms with Crippen LogP contribution in [0.3, 0.4) is 0 Å². The first-order valence-electron chi connectivity index (χ1n) is 4.93. The molecule has 0 bridgehead atoms. The van der Waals surface area contributed by atoms with Crippen molar-refractivity contribution in [1.82, 2.24) is 5.32 Å². The number of carboxylic acids is 1. The molecule has 98 valence electrons. The number of amides is 1. The van der Waals surface area contributed by atoms with E-state index in [1.165, 1.54) is 24.8 Å². The number of hydrogen-bond acceptors (Lipinski definition) is 3. The molecule has 7 heteroatoms. The van der Waals surface area contributed by atoms with Crippen molar-refractivity contribution in [3.8, 4) is 0 Å². The molecule has 0 saturated carbocycles. The highest BCUT2D eigenvalue weighted by Gasteiger charge is 2.18. The Kier molecular flexibility index (Phi) is 5.31. The zero-order chi connectivity index (χ0) is 13.9. The molecular formula is C11H11Cl2NO3S. The third kappa shape index (κ3) is 3.54. The van der Waals surface area contributed by atoms with Gasteiger partial charge in [-0.1, -0.05) is 23.2 Å². The van der Waals surface area contributed by atoms with Crippen LogP contribution in [0.2, 0.25) is 10.0 Å². The maximum absolute atomic E-state index is 11.8. The van der Waals surface area contributed by atoms with Crippen molar-refractivity contribution >= 4 is 46.8 Å². The normalized spacial score (nSPS) is 12.0. The second kappa shape index (κ2) is 6.31. The number of aliphatic carboxylic acids is 1. The van der Waals surface area contributed by atoms with Crippen LogP contribution in [-0.4, -0.2) is 29.3 Å². The Labute approximate surface area is 119 Å². The summed E-state index contributed by atoms with van der Waals surface area (Å²) in [6, 6.07) is 2.02. The summed E-state index contributed by atoms with van der Waals surface area (Å²) in [6.07, 6.45) is 1.82. The maximum Gasteiger partial charge on any atom is 0.325 e. The molecule has 2 N–H and O–H groups in total. The minimum Gasteiger partial charge on any atom is -0.480 e. The lowest BCUT2D eigenvalue weighted by Crippen LogP contribution is -2.38. The first-order valence-corrected chi connectivity index (χ1v) is 6.91. The average molecular weight is 308 g/mol. The van der Waals surface area contributed by atoms with Gasteiger partial charge in [0, 0.05) is 4.90 Å². The fourth-order valence-corrected chi connectivity index (χ4v) is 2.39. The highest BCUT2D eigenvalue weighted by Crippen LogP contribution is 2.31. The molecule has 0 aliphatic heterocycles. The van der Waals surface area contributed by atoms with E-state index < -0.39 is 17.9 Å². The third-order valence-electron chi connectivity index (χ3n) is 2.20. The van der Waals surface area contributed by atoms with Gasteiger partial charge in [-0.25, -0.2) is 0 Å². The first kappa shape index (κ1) is 15.1. The van der Waals surface area contributed by atoms with Gasteiger partial charge in [-0.2, -0.15) is 0 Å². The second-order valence-electron chi connectivity index (χ2n) is 3.50. The van der Waals surface area contributed by atoms with E-state index in [0.29, 0.717) is 9.92 Å². The molecule has 0 aliphatic carbocycles. The van der Waals surface area contributed by atoms with Gasteiger partial charge in [-0.15, -0.1) is 11.8 Å². The van der Waals surface area contributed by atoms with E-state index in [1.54, 1.807) is 6.07 Å². The zero-order valence-electron chi connectivity index (χ0n) is 9.66. The van der Waals surface area contributed by atoms with Crippen LogP contribution < -0.4 is 5.32 Å². The van der Waals surface area contributed by atoms with Gasteiger partial charge < -0.3 is 10.4 Å². The number of hydrogen-bond donors (Lipinski definition) is 2. The van der Waals surface area contributed by atoms with E-state index in [-0.39, 0.29) is 10.6 Å². The van der Waals surface area contributed by atoms with E-state index in [1.807, 2.05) is 6.26 Å². The quantitative estimate of drug-likeness (QED) is 0.839. The predicted molar refractivity (Wildman–Crippen MR) is 72.8 cm³/mol. The van der Waals surface area contributed by atoms with Crippen molar-refractivity contribution < 1.29 is 14.7 Å². The van der Waals surface area contributed by atoms with E-state index in [9.17, 15) is 9.59 Å². The van der Waals surface area contributed by atoms with Crippen LogP contribution >= 0.6 is 35.0 Å². The minimum atomic E-state index is -1.11. The summed E-state index contributed by atoms with van der Waals surface area (Å²) in [5.41, 5.74) is 0.207. The number of carbonyl (C=O) groups is 2. The molecular weight excluding hydrogens is 297 g/mol. The summed E-state index contributed by atoms with van der Waals surface area (Å²) in [6.45, 7) is 1.37. The predicted octanol–water partition coefficient (Wildman–Crippen LogP) is 2.92. The molecule has 0 radical (unpaired) electrons. The van der Waals surface area contributed by atoms with Gasteiger partial charge in [-0.3, -0.25) is 9.59 Å². The van der Waals surface area contributed by atoms with E-state index in [2.05, 4.69) is 5.32 Å². The summed E-state index contributed by atoms with van der Waals surface area (Å²) in [7, 11) is 0. The lowest BCUT2D eigenvalue weighted by atomic mass is 10.2. The van der Waals surface area contributed by atoms with Crippen molar-refractivity contribution in [2.45, 2.75) is 17.9 Å². The molecule has 18 heavy (non-hydrogen) atoms. The molecule has 0 fully saturated rings. The molecule has 0 aromatic heterocycles. The van der Waals surface area contributed by atoms with E-state index in [0.717, 1.165) is 0 Å². The number of thioether (sulfide) groups is 1. The molecule has 1 unspecified atom stereocenters. The van der Waals surface area contributed by atoms with Crippen LogP contribution in [0.4, 0.5) is 0 Å². The average Bonchev–Trinajstić information content (AvgIpc) is 2.28. The fourth-order valence-electron chi connectivity index (χ4n) is 1.20. The summed E-state index contributed by atoms with van der Waals surface area (Å²) >= 11 is 13.2. The van der Waals surface area contributed by atoms with Gasteiger partial charge in [-0.05, 0) is 25.3 Å². The highest BCUT2D eigenvalue weighted by atomic mass is 35.5. The number of carbonyl (C=O) groups excluding carboxylic acids is 1. The minimum absolute atomic E-state index is 0.188. The number of benzene rings is 1. The van der Waals surface area contributed by atoms with Gasteiger partial charge in [0.2, 0.25) is 0 Å². The number of carboxylic acid groups (broad SMARTS) is 1. The molecule has 1 aromatic carbocycles. The lowest BCUT2D eigenvalue weighted by Gasteiger charge is -2.11. The standard InChI is InChI=1S/C11H11Cl2NO3S/c1-5(11(16)17)14-10(15)6-3-9(18-2)8(13)4-7(6)12/h3-5H,1-2H3,(H,14,15)(H,16,17). The van der Waals surface area contributed by atoms with Crippen molar-refractivity contribution in [3.05, 3.63) is 27.7 Å². The molecule has 4 nitrogen and oxygen atoms in total. The Morgan fingerprint density at radius 1 is 1.33 bits per heavy atom. The van der Waals surface area contributed by atoms with E-state index in [4.69, 9.17) is 28.3 Å². The van der Waals surface area contributed by atoms with Gasteiger partial charge in [0.05, 0.1) is 15.6 Å². The maximum atomic E-state index is 11.8. The molecule has 1 atom stereocenters. The summed E-state index contributed by atoms with van der Waals surface area (Å²) in [5.74, 6) is -1.65. The van der Waals surface area contributed by atoms with Crippen LogP contribution in [0.1, 0.15) is 17.3 Å². The largest absolute Gasteiger partial charge is 0.480 e. The van der Waals surface area contributed by atoms with Gasteiger partial charge >= 0.3 is 5.97 Å². The Hall–Kier alpha value is -0.910. The number of rotatable bonds is 4. The van der Waals surface area contributed by atoms with Crippen LogP contribution in [0.15, 0.2) is 17.0 Å². The SMILES string of the molecule is CSc1cc(C(=O)NC(C)C(=O)O)c(Cl)cc1Cl. The molecule has 0 aliphatic rings. The van der Waals surface area contributed by atoms with Crippen LogP contribution in [0, 0.1) is 0 Å². The number of nitrogens with one attached hydrogen (secondary N) is 1. The smallest absolute Gasteiger partial charge is 0.325 e. The summed E-state index contributed by atoms with van der Waals surface area (Å²) in [4.78, 5) is 23.2. The molecule has 1 amide bonds. The monoisotopic (exact) mass is 307 g/mol. The second-order valence-corrected chi connectivity index (χ2v) is 5.16. The van der Waals surface area contributed by atoms with Gasteiger partial charge in [0.25, 0.3) is 5.91 Å². The highest BCUT2D eigenvalue weighted by molar-refractivity contribution is 7.98. The Bertz CT molecular complexity index is 493. The first-order chi connectivity index (χ1) is 8.36. The Morgan fingerprint density at radius 2 is 1.94 bits per heavy atom. The van der Waals surface area contributed by atoms with Crippen LogP contribution in [0.25, 0.3) is 0 Å². The molecule has 0 saturated heterocycles. The van der Waals surface area contributed by atoms with Gasteiger partial charge in [0.15, 0.2) is 0 Å². The zero-order valence-corrected chi connectivity index (χ0v) is 12.0. The topological polar surface area (TPSA) is 66.4 Å². The molecule has 1 rings (SSSR count). The van der Waals surface area contributed by atoms with Crippen molar-refractivity contribution in [1.29, 1.82) is 0 Å². The molecule has 1 aromatic rings. The molecule has 0 heterocycles. The third-order valence-corrected chi connectivity index (χ3v) is 3.72. The van der Waals surface area contributed by atoms with Gasteiger partial charge in [0.1, 0.15) is 6.04 Å². The summed E-state index contributed by atoms with van der Waals surface area (Å²) < 4.78 is 0. The van der Waals surface area contributed by atoms with Crippen molar-refractivity contribution in [2.24, 2.45) is 0 Å². The summed E-state index contributed by atoms with van der Waals surface area (Å²) in [5, 5.41) is 11.7. The van der Waals surface area contributed by atoms with Crippen LogP contribution in [0.5, 0.6) is 0 Å². The lowest BCUT2D eigenvalue weighted by molar-refractivity contribution is -0.138. The Morgan fingerprint density at radius 3 is 2.44 bits per heavy atom. The van der Waals surface area contributed by atoms with E-state index >= 15 is 0 Å². The van der Waals surface area contributed by atoms with Crippen LogP contribution in [-0.2, 0) is 4.79 Å².